The Hall–Kier alpha value is -2.57. The van der Waals surface area contributed by atoms with Crippen LogP contribution in [0.4, 0.5) is 0 Å². The summed E-state index contributed by atoms with van der Waals surface area (Å²) in [5, 5.41) is 13.3. The summed E-state index contributed by atoms with van der Waals surface area (Å²) in [7, 11) is 4.64. The average Bonchev–Trinajstić information content (AvgIpc) is 3.17. The summed E-state index contributed by atoms with van der Waals surface area (Å²) in [5.41, 5.74) is 2.48. The van der Waals surface area contributed by atoms with Crippen molar-refractivity contribution in [3.63, 3.8) is 0 Å². The van der Waals surface area contributed by atoms with Crippen LogP contribution in [0.3, 0.4) is 0 Å². The van der Waals surface area contributed by atoms with Gasteiger partial charge in [-0.05, 0) is 17.7 Å². The van der Waals surface area contributed by atoms with Gasteiger partial charge in [0.05, 0.1) is 27.0 Å². The molecule has 2 aromatic carbocycles. The lowest BCUT2D eigenvalue weighted by molar-refractivity contribution is 0.218. The lowest BCUT2D eigenvalue weighted by Crippen LogP contribution is -2.02. The molecule has 0 aliphatic heterocycles. The van der Waals surface area contributed by atoms with Crippen LogP contribution in [-0.4, -0.2) is 31.4 Å². The smallest absolute Gasteiger partial charge is 0.203 e. The number of hydrogen-bond acceptors (Lipinski definition) is 6. The van der Waals surface area contributed by atoms with Gasteiger partial charge in [0, 0.05) is 10.9 Å². The Morgan fingerprint density at radius 2 is 1.60 bits per heavy atom. The number of thiazole rings is 1. The number of nitrogens with zero attached hydrogens (tertiary/aromatic N) is 1. The molecule has 0 bridgehead atoms. The van der Waals surface area contributed by atoms with Crippen LogP contribution in [0.5, 0.6) is 17.2 Å². The van der Waals surface area contributed by atoms with Crippen molar-refractivity contribution in [3.8, 4) is 28.5 Å². The third kappa shape index (κ3) is 3.45. The van der Waals surface area contributed by atoms with Crippen LogP contribution in [0.1, 0.15) is 16.7 Å². The molecule has 1 heterocycles. The highest BCUT2D eigenvalue weighted by molar-refractivity contribution is 7.10. The summed E-state index contributed by atoms with van der Waals surface area (Å²) in [4.78, 5) is 4.57. The summed E-state index contributed by atoms with van der Waals surface area (Å²) in [6.45, 7) is 0. The van der Waals surface area contributed by atoms with Crippen LogP contribution in [0.25, 0.3) is 11.3 Å². The van der Waals surface area contributed by atoms with Crippen molar-refractivity contribution in [1.82, 2.24) is 4.98 Å². The molecule has 0 saturated heterocycles. The van der Waals surface area contributed by atoms with E-state index in [0.29, 0.717) is 27.8 Å². The molecule has 0 radical (unpaired) electrons. The van der Waals surface area contributed by atoms with Gasteiger partial charge in [-0.1, -0.05) is 30.3 Å². The van der Waals surface area contributed by atoms with Crippen molar-refractivity contribution in [3.05, 3.63) is 58.4 Å². The van der Waals surface area contributed by atoms with E-state index in [9.17, 15) is 5.11 Å². The van der Waals surface area contributed by atoms with Gasteiger partial charge in [-0.25, -0.2) is 4.98 Å². The maximum atomic E-state index is 10.8. The van der Waals surface area contributed by atoms with E-state index in [1.807, 2.05) is 35.7 Å². The second kappa shape index (κ2) is 7.55. The van der Waals surface area contributed by atoms with Crippen LogP contribution < -0.4 is 14.2 Å². The third-order valence-corrected chi connectivity index (χ3v) is 4.73. The van der Waals surface area contributed by atoms with Crippen molar-refractivity contribution in [1.29, 1.82) is 0 Å². The molecule has 1 N–H and O–H groups in total. The normalized spacial score (nSPS) is 11.8. The van der Waals surface area contributed by atoms with E-state index in [-0.39, 0.29) is 0 Å². The van der Waals surface area contributed by atoms with Gasteiger partial charge >= 0.3 is 0 Å². The molecule has 0 saturated carbocycles. The number of methoxy groups -OCH3 is 3. The molecule has 1 unspecified atom stereocenters. The quantitative estimate of drug-likeness (QED) is 0.725. The van der Waals surface area contributed by atoms with Crippen LogP contribution in [0.15, 0.2) is 47.8 Å². The van der Waals surface area contributed by atoms with Gasteiger partial charge in [0.2, 0.25) is 5.75 Å². The molecular formula is C19H19NO4S. The third-order valence-electron chi connectivity index (χ3n) is 3.83. The first kappa shape index (κ1) is 17.3. The predicted octanol–water partition coefficient (Wildman–Crippen LogP) is 3.92. The predicted molar refractivity (Wildman–Crippen MR) is 97.7 cm³/mol. The van der Waals surface area contributed by atoms with Crippen molar-refractivity contribution >= 4 is 11.3 Å². The highest BCUT2D eigenvalue weighted by Gasteiger charge is 2.21. The van der Waals surface area contributed by atoms with Crippen molar-refractivity contribution in [2.75, 3.05) is 21.3 Å². The fourth-order valence-corrected chi connectivity index (χ4v) is 3.39. The second-order valence-corrected chi connectivity index (χ2v) is 6.19. The van der Waals surface area contributed by atoms with Gasteiger partial charge in [0.15, 0.2) is 11.5 Å². The lowest BCUT2D eigenvalue weighted by Gasteiger charge is -2.16. The molecule has 0 fully saturated rings. The fourth-order valence-electron chi connectivity index (χ4n) is 2.56. The molecule has 0 aliphatic carbocycles. The van der Waals surface area contributed by atoms with E-state index in [4.69, 9.17) is 14.2 Å². The summed E-state index contributed by atoms with van der Waals surface area (Å²) >= 11 is 1.41. The Bertz CT molecular complexity index is 823. The minimum Gasteiger partial charge on any atom is -0.493 e. The van der Waals surface area contributed by atoms with E-state index >= 15 is 0 Å². The second-order valence-electron chi connectivity index (χ2n) is 5.30. The average molecular weight is 357 g/mol. The Labute approximate surface area is 150 Å². The molecule has 6 heteroatoms. The van der Waals surface area contributed by atoms with Crippen LogP contribution in [-0.2, 0) is 0 Å². The number of hydrogen-bond donors (Lipinski definition) is 1. The molecule has 5 nitrogen and oxygen atoms in total. The molecular weight excluding hydrogens is 338 g/mol. The fraction of sp³-hybridized carbons (Fsp3) is 0.211. The Morgan fingerprint density at radius 1 is 0.960 bits per heavy atom. The Morgan fingerprint density at radius 3 is 2.16 bits per heavy atom. The first-order chi connectivity index (χ1) is 12.2. The number of benzene rings is 2. The summed E-state index contributed by atoms with van der Waals surface area (Å²) in [6, 6.07) is 13.3. The number of aliphatic hydroxyl groups is 1. The number of aromatic nitrogens is 1. The zero-order chi connectivity index (χ0) is 17.8. The molecule has 1 aromatic heterocycles. The maximum Gasteiger partial charge on any atom is 0.203 e. The van der Waals surface area contributed by atoms with Crippen molar-refractivity contribution < 1.29 is 19.3 Å². The first-order valence-corrected chi connectivity index (χ1v) is 8.54. The highest BCUT2D eigenvalue weighted by atomic mass is 32.1. The van der Waals surface area contributed by atoms with Gasteiger partial charge in [0.25, 0.3) is 0 Å². The van der Waals surface area contributed by atoms with E-state index in [2.05, 4.69) is 4.98 Å². The molecule has 1 atom stereocenters. The topological polar surface area (TPSA) is 60.8 Å². The monoisotopic (exact) mass is 357 g/mol. The van der Waals surface area contributed by atoms with Gasteiger partial charge < -0.3 is 19.3 Å². The molecule has 0 amide bonds. The summed E-state index contributed by atoms with van der Waals surface area (Å²) in [6.07, 6.45) is -0.879. The Kier molecular flexibility index (Phi) is 5.21. The summed E-state index contributed by atoms with van der Waals surface area (Å²) < 4.78 is 16.0. The van der Waals surface area contributed by atoms with Gasteiger partial charge in [-0.2, -0.15) is 0 Å². The molecule has 0 spiro atoms. The molecule has 3 rings (SSSR count). The zero-order valence-electron chi connectivity index (χ0n) is 14.2. The van der Waals surface area contributed by atoms with E-state index in [1.54, 1.807) is 33.5 Å². The van der Waals surface area contributed by atoms with Gasteiger partial charge in [0.1, 0.15) is 11.1 Å². The van der Waals surface area contributed by atoms with Crippen molar-refractivity contribution in [2.45, 2.75) is 6.10 Å². The summed E-state index contributed by atoms with van der Waals surface area (Å²) in [5.74, 6) is 1.48. The highest BCUT2D eigenvalue weighted by Crippen LogP contribution is 2.41. The molecule has 0 aliphatic rings. The van der Waals surface area contributed by atoms with Crippen LogP contribution in [0.2, 0.25) is 0 Å². The SMILES string of the molecule is COc1cc(C(O)c2nc(-c3ccccc3)cs2)cc(OC)c1OC. The number of ether oxygens (including phenoxy) is 3. The van der Waals surface area contributed by atoms with E-state index in [1.165, 1.54) is 11.3 Å². The van der Waals surface area contributed by atoms with Gasteiger partial charge in [-0.15, -0.1) is 11.3 Å². The number of aliphatic hydroxyl groups excluding tert-OH is 1. The van der Waals surface area contributed by atoms with Crippen LogP contribution in [0, 0.1) is 0 Å². The standard InChI is InChI=1S/C19H19NO4S/c1-22-15-9-13(10-16(23-2)18(15)24-3)17(21)19-20-14(11-25-19)12-7-5-4-6-8-12/h4-11,17,21H,1-3H3. The lowest BCUT2D eigenvalue weighted by atomic mass is 10.1. The number of rotatable bonds is 6. The largest absolute Gasteiger partial charge is 0.493 e. The molecule has 25 heavy (non-hydrogen) atoms. The molecule has 3 aromatic rings. The van der Waals surface area contributed by atoms with Gasteiger partial charge in [-0.3, -0.25) is 0 Å². The van der Waals surface area contributed by atoms with Crippen LogP contribution >= 0.6 is 11.3 Å². The first-order valence-electron chi connectivity index (χ1n) is 7.66. The minimum absolute atomic E-state index is 0.491. The maximum absolute atomic E-state index is 10.8. The Balaban J connectivity index is 1.96. The van der Waals surface area contributed by atoms with E-state index < -0.39 is 6.10 Å². The zero-order valence-corrected chi connectivity index (χ0v) is 15.0. The van der Waals surface area contributed by atoms with E-state index in [0.717, 1.165) is 11.3 Å². The van der Waals surface area contributed by atoms with Crippen molar-refractivity contribution in [2.24, 2.45) is 0 Å². The molecule has 130 valence electrons. The minimum atomic E-state index is -0.879.